The van der Waals surface area contributed by atoms with E-state index in [1.54, 1.807) is 31.5 Å². The molecular formula is C27H23N3O4S. The smallest absolute Gasteiger partial charge is 0.337 e. The number of nitrogens with zero attached hydrogens (tertiary/aromatic N) is 2. The third kappa shape index (κ3) is 4.24. The number of ether oxygens (including phenoxy) is 2. The minimum atomic E-state index is -0.401. The van der Waals surface area contributed by atoms with Crippen molar-refractivity contribution in [1.29, 1.82) is 0 Å². The summed E-state index contributed by atoms with van der Waals surface area (Å²) in [5.74, 6) is 1.61. The molecule has 0 spiro atoms. The standard InChI is InChI=1S/C27H23N3O4S/c1-32-22-12-4-3-11-20(22)30-25(24(29-27(30)35)19-10-5-6-15-28-19)23-14-13-21(34-23)17-8-7-9-18(16-17)26(31)33-2/h3-16,24-25H,1-2H3,(H,29,35)/t24-,25+/m1/s1. The van der Waals surface area contributed by atoms with Crippen LogP contribution in [0.2, 0.25) is 0 Å². The highest BCUT2D eigenvalue weighted by Crippen LogP contribution is 2.45. The van der Waals surface area contributed by atoms with Crippen molar-refractivity contribution >= 4 is 29.0 Å². The number of hydrogen-bond acceptors (Lipinski definition) is 6. The van der Waals surface area contributed by atoms with E-state index in [0.29, 0.717) is 27.9 Å². The topological polar surface area (TPSA) is 76.8 Å². The Labute approximate surface area is 208 Å². The number of benzene rings is 2. The number of rotatable bonds is 6. The molecule has 4 aromatic rings. The van der Waals surface area contributed by atoms with Gasteiger partial charge in [0.25, 0.3) is 0 Å². The molecule has 0 unspecified atom stereocenters. The van der Waals surface area contributed by atoms with E-state index in [4.69, 9.17) is 26.1 Å². The van der Waals surface area contributed by atoms with Crippen molar-refractivity contribution in [2.75, 3.05) is 19.1 Å². The second kappa shape index (κ2) is 9.60. The minimum Gasteiger partial charge on any atom is -0.495 e. The van der Waals surface area contributed by atoms with E-state index in [0.717, 1.165) is 16.9 Å². The fraction of sp³-hybridized carbons (Fsp3) is 0.148. The van der Waals surface area contributed by atoms with Crippen molar-refractivity contribution in [2.24, 2.45) is 0 Å². The van der Waals surface area contributed by atoms with Gasteiger partial charge in [0.2, 0.25) is 0 Å². The molecule has 7 nitrogen and oxygen atoms in total. The van der Waals surface area contributed by atoms with Crippen LogP contribution in [-0.4, -0.2) is 30.3 Å². The number of esters is 1. The van der Waals surface area contributed by atoms with Crippen molar-refractivity contribution in [1.82, 2.24) is 10.3 Å². The van der Waals surface area contributed by atoms with Crippen LogP contribution in [0.5, 0.6) is 5.75 Å². The number of methoxy groups -OCH3 is 2. The number of aromatic nitrogens is 1. The van der Waals surface area contributed by atoms with E-state index in [9.17, 15) is 4.79 Å². The first-order valence-corrected chi connectivity index (χ1v) is 11.4. The van der Waals surface area contributed by atoms with Gasteiger partial charge in [-0.25, -0.2) is 4.79 Å². The molecule has 1 saturated heterocycles. The number of carbonyl (C=O) groups excluding carboxylic acids is 1. The Morgan fingerprint density at radius 2 is 1.86 bits per heavy atom. The van der Waals surface area contributed by atoms with E-state index in [2.05, 4.69) is 10.3 Å². The van der Waals surface area contributed by atoms with Gasteiger partial charge in [0.1, 0.15) is 23.3 Å². The van der Waals surface area contributed by atoms with Crippen LogP contribution < -0.4 is 15.0 Å². The van der Waals surface area contributed by atoms with Crippen LogP contribution >= 0.6 is 12.2 Å². The Kier molecular flexibility index (Phi) is 6.20. The lowest BCUT2D eigenvalue weighted by Gasteiger charge is -2.27. The van der Waals surface area contributed by atoms with Gasteiger partial charge in [0.05, 0.1) is 37.2 Å². The summed E-state index contributed by atoms with van der Waals surface area (Å²) in [6.07, 6.45) is 1.76. The van der Waals surface area contributed by atoms with Gasteiger partial charge in [0.15, 0.2) is 5.11 Å². The molecule has 0 saturated carbocycles. The monoisotopic (exact) mass is 485 g/mol. The van der Waals surface area contributed by atoms with Crippen molar-refractivity contribution in [2.45, 2.75) is 12.1 Å². The highest BCUT2D eigenvalue weighted by molar-refractivity contribution is 7.80. The van der Waals surface area contributed by atoms with Crippen molar-refractivity contribution in [3.63, 3.8) is 0 Å². The quantitative estimate of drug-likeness (QED) is 0.291. The lowest BCUT2D eigenvalue weighted by Crippen LogP contribution is -2.29. The molecule has 0 bridgehead atoms. The summed E-state index contributed by atoms with van der Waals surface area (Å²) in [7, 11) is 3.00. The van der Waals surface area contributed by atoms with Crippen LogP contribution in [0.3, 0.4) is 0 Å². The van der Waals surface area contributed by atoms with Gasteiger partial charge in [-0.05, 0) is 60.7 Å². The number of hydrogen-bond donors (Lipinski definition) is 1. The Balaban J connectivity index is 1.60. The summed E-state index contributed by atoms with van der Waals surface area (Å²) in [6, 6.07) is 23.9. The summed E-state index contributed by atoms with van der Waals surface area (Å²) in [5.41, 5.74) is 2.88. The molecule has 8 heteroatoms. The second-order valence-corrected chi connectivity index (χ2v) is 8.33. The van der Waals surface area contributed by atoms with Crippen LogP contribution in [0.1, 0.15) is 33.9 Å². The fourth-order valence-corrected chi connectivity index (χ4v) is 4.66. The number of pyridine rings is 1. The summed E-state index contributed by atoms with van der Waals surface area (Å²) in [6.45, 7) is 0. The molecule has 2 aromatic carbocycles. The van der Waals surface area contributed by atoms with E-state index in [1.165, 1.54) is 7.11 Å². The number of furan rings is 1. The Morgan fingerprint density at radius 1 is 1.03 bits per heavy atom. The first-order valence-electron chi connectivity index (χ1n) is 11.0. The first-order chi connectivity index (χ1) is 17.1. The maximum atomic E-state index is 12.0. The normalized spacial score (nSPS) is 17.2. The third-order valence-electron chi connectivity index (χ3n) is 5.93. The first kappa shape index (κ1) is 22.6. The van der Waals surface area contributed by atoms with Gasteiger partial charge in [-0.15, -0.1) is 0 Å². The Hall–Kier alpha value is -4.17. The average Bonchev–Trinajstić information content (AvgIpc) is 3.53. The zero-order valence-corrected chi connectivity index (χ0v) is 20.0. The van der Waals surface area contributed by atoms with E-state index >= 15 is 0 Å². The Morgan fingerprint density at radius 3 is 2.63 bits per heavy atom. The number of nitrogens with one attached hydrogen (secondary N) is 1. The lowest BCUT2D eigenvalue weighted by atomic mass is 10.0. The molecule has 2 atom stereocenters. The van der Waals surface area contributed by atoms with Gasteiger partial charge in [-0.1, -0.05) is 30.3 Å². The van der Waals surface area contributed by atoms with Gasteiger partial charge in [0, 0.05) is 11.8 Å². The molecule has 0 amide bonds. The number of para-hydroxylation sites is 2. The molecule has 3 heterocycles. The number of thiocarbonyl (C=S) groups is 1. The molecular weight excluding hydrogens is 462 g/mol. The molecule has 0 aliphatic carbocycles. The Bertz CT molecular complexity index is 1370. The highest BCUT2D eigenvalue weighted by Gasteiger charge is 2.43. The molecule has 1 N–H and O–H groups in total. The van der Waals surface area contributed by atoms with E-state index < -0.39 is 5.97 Å². The average molecular weight is 486 g/mol. The van der Waals surface area contributed by atoms with Crippen molar-refractivity contribution in [3.8, 4) is 17.1 Å². The second-order valence-electron chi connectivity index (χ2n) is 7.94. The molecule has 35 heavy (non-hydrogen) atoms. The predicted molar refractivity (Wildman–Crippen MR) is 136 cm³/mol. The number of carbonyl (C=O) groups is 1. The third-order valence-corrected chi connectivity index (χ3v) is 6.24. The largest absolute Gasteiger partial charge is 0.495 e. The molecule has 176 valence electrons. The molecule has 2 aromatic heterocycles. The van der Waals surface area contributed by atoms with E-state index in [-0.39, 0.29) is 12.1 Å². The zero-order chi connectivity index (χ0) is 24.4. The van der Waals surface area contributed by atoms with Gasteiger partial charge in [-0.3, -0.25) is 4.98 Å². The van der Waals surface area contributed by atoms with E-state index in [1.807, 2.05) is 65.6 Å². The summed E-state index contributed by atoms with van der Waals surface area (Å²) < 4.78 is 16.9. The number of anilines is 1. The molecule has 1 aliphatic rings. The van der Waals surface area contributed by atoms with Crippen LogP contribution in [0.15, 0.2) is 89.5 Å². The molecule has 1 aliphatic heterocycles. The minimum absolute atomic E-state index is 0.256. The van der Waals surface area contributed by atoms with Crippen LogP contribution in [0.4, 0.5) is 5.69 Å². The molecule has 5 rings (SSSR count). The van der Waals surface area contributed by atoms with Gasteiger partial charge < -0.3 is 24.1 Å². The van der Waals surface area contributed by atoms with Gasteiger partial charge >= 0.3 is 5.97 Å². The molecule has 1 fully saturated rings. The fourth-order valence-electron chi connectivity index (χ4n) is 4.32. The van der Waals surface area contributed by atoms with Crippen LogP contribution in [0.25, 0.3) is 11.3 Å². The summed E-state index contributed by atoms with van der Waals surface area (Å²) >= 11 is 5.78. The molecule has 0 radical (unpaired) electrons. The highest BCUT2D eigenvalue weighted by atomic mass is 32.1. The zero-order valence-electron chi connectivity index (χ0n) is 19.2. The van der Waals surface area contributed by atoms with Gasteiger partial charge in [-0.2, -0.15) is 0 Å². The van der Waals surface area contributed by atoms with Crippen LogP contribution in [-0.2, 0) is 4.74 Å². The predicted octanol–water partition coefficient (Wildman–Crippen LogP) is 5.31. The summed E-state index contributed by atoms with van der Waals surface area (Å²) in [4.78, 5) is 18.6. The summed E-state index contributed by atoms with van der Waals surface area (Å²) in [5, 5.41) is 3.96. The maximum absolute atomic E-state index is 12.0. The maximum Gasteiger partial charge on any atom is 0.337 e. The van der Waals surface area contributed by atoms with Crippen molar-refractivity contribution in [3.05, 3.63) is 102 Å². The van der Waals surface area contributed by atoms with Crippen molar-refractivity contribution < 1.29 is 18.7 Å². The lowest BCUT2D eigenvalue weighted by molar-refractivity contribution is 0.0601. The SMILES string of the molecule is COC(=O)c1cccc(-c2ccc([C@H]3[C@@H](c4ccccn4)NC(=S)N3c3ccccc3OC)o2)c1. The van der Waals surface area contributed by atoms with Crippen LogP contribution in [0, 0.1) is 0 Å².